The number of nitrogens with zero attached hydrogens (tertiary/aromatic N) is 1. The molecule has 2 rings (SSSR count). The molecule has 0 saturated heterocycles. The van der Waals surface area contributed by atoms with E-state index in [1.165, 1.54) is 0 Å². The van der Waals surface area contributed by atoms with Crippen LogP contribution in [0.5, 0.6) is 0 Å². The normalized spacial score (nSPS) is 11.4. The van der Waals surface area contributed by atoms with Crippen molar-refractivity contribution in [1.82, 2.24) is 9.88 Å². The maximum Gasteiger partial charge on any atom is 0.295 e. The molecule has 1 aromatic carbocycles. The third kappa shape index (κ3) is 3.02. The summed E-state index contributed by atoms with van der Waals surface area (Å²) in [6, 6.07) is 5.59. The van der Waals surface area contributed by atoms with E-state index in [4.69, 9.17) is 0 Å². The largest absolute Gasteiger partial charge is 0.360 e. The molecular weight excluding hydrogens is 332 g/mol. The van der Waals surface area contributed by atoms with Crippen LogP contribution < -0.4 is 0 Å². The monoisotopic (exact) mass is 350 g/mol. The van der Waals surface area contributed by atoms with E-state index in [-0.39, 0.29) is 12.1 Å². The number of benzene rings is 1. The highest BCUT2D eigenvalue weighted by Crippen LogP contribution is 2.24. The lowest BCUT2D eigenvalue weighted by molar-refractivity contribution is -0.129. The van der Waals surface area contributed by atoms with Gasteiger partial charge in [-0.3, -0.25) is 9.59 Å². The Kier molecular flexibility index (Phi) is 4.52. The number of rotatable bonds is 4. The van der Waals surface area contributed by atoms with Crippen molar-refractivity contribution in [2.75, 3.05) is 0 Å². The fraction of sp³-hybridized carbons (Fsp3) is 0.375. The van der Waals surface area contributed by atoms with Crippen molar-refractivity contribution in [3.05, 3.63) is 34.4 Å². The molecule has 21 heavy (non-hydrogen) atoms. The first-order valence-electron chi connectivity index (χ1n) is 6.96. The average Bonchev–Trinajstić information content (AvgIpc) is 2.79. The number of aromatic amines is 1. The van der Waals surface area contributed by atoms with Crippen molar-refractivity contribution < 1.29 is 9.59 Å². The van der Waals surface area contributed by atoms with Crippen molar-refractivity contribution in [1.29, 1.82) is 0 Å². The van der Waals surface area contributed by atoms with Crippen LogP contribution in [-0.2, 0) is 4.79 Å². The van der Waals surface area contributed by atoms with E-state index < -0.39 is 11.7 Å². The highest BCUT2D eigenvalue weighted by Gasteiger charge is 2.28. The molecule has 0 atom stereocenters. The number of carbonyl (C=O) groups excluding carboxylic acids is 2. The van der Waals surface area contributed by atoms with Crippen molar-refractivity contribution >= 4 is 38.5 Å². The van der Waals surface area contributed by atoms with Gasteiger partial charge in [-0.05, 0) is 45.9 Å². The van der Waals surface area contributed by atoms with Crippen molar-refractivity contribution in [3.8, 4) is 0 Å². The van der Waals surface area contributed by atoms with E-state index in [9.17, 15) is 9.59 Å². The summed E-state index contributed by atoms with van der Waals surface area (Å²) in [7, 11) is 0. The summed E-state index contributed by atoms with van der Waals surface area (Å²) in [6.45, 7) is 7.65. The molecule has 4 nitrogen and oxygen atoms in total. The summed E-state index contributed by atoms with van der Waals surface area (Å²) in [4.78, 5) is 29.7. The van der Waals surface area contributed by atoms with Crippen LogP contribution in [0.25, 0.3) is 10.9 Å². The first kappa shape index (κ1) is 15.8. The van der Waals surface area contributed by atoms with E-state index in [0.29, 0.717) is 5.56 Å². The van der Waals surface area contributed by atoms with Crippen LogP contribution in [0, 0.1) is 0 Å². The highest BCUT2D eigenvalue weighted by atomic mass is 79.9. The molecule has 112 valence electrons. The van der Waals surface area contributed by atoms with Crippen LogP contribution in [0.1, 0.15) is 38.1 Å². The fourth-order valence-electron chi connectivity index (χ4n) is 2.58. The van der Waals surface area contributed by atoms with Gasteiger partial charge in [0.2, 0.25) is 0 Å². The Morgan fingerprint density at radius 2 is 1.76 bits per heavy atom. The van der Waals surface area contributed by atoms with E-state index in [1.54, 1.807) is 11.1 Å². The number of amides is 1. The Bertz CT molecular complexity index is 681. The van der Waals surface area contributed by atoms with E-state index in [1.807, 2.05) is 45.9 Å². The molecular formula is C16H19BrN2O2. The number of fused-ring (bicyclic) bond motifs is 1. The van der Waals surface area contributed by atoms with E-state index in [2.05, 4.69) is 20.9 Å². The van der Waals surface area contributed by atoms with Gasteiger partial charge in [0.1, 0.15) is 0 Å². The zero-order chi connectivity index (χ0) is 15.7. The first-order chi connectivity index (χ1) is 9.82. The summed E-state index contributed by atoms with van der Waals surface area (Å²) in [5, 5.41) is 0.759. The lowest BCUT2D eigenvalue weighted by atomic mass is 10.1. The minimum atomic E-state index is -0.471. The molecule has 2 aromatic rings. The Morgan fingerprint density at radius 1 is 1.14 bits per heavy atom. The topological polar surface area (TPSA) is 53.2 Å². The van der Waals surface area contributed by atoms with Gasteiger partial charge in [-0.15, -0.1) is 0 Å². The van der Waals surface area contributed by atoms with Crippen LogP contribution in [-0.4, -0.2) is 33.7 Å². The molecule has 0 bridgehead atoms. The Morgan fingerprint density at radius 3 is 2.33 bits per heavy atom. The van der Waals surface area contributed by atoms with Gasteiger partial charge in [-0.1, -0.05) is 15.9 Å². The minimum Gasteiger partial charge on any atom is -0.360 e. The summed E-state index contributed by atoms with van der Waals surface area (Å²) in [5.41, 5.74) is 1.26. The molecule has 0 aliphatic carbocycles. The van der Waals surface area contributed by atoms with Crippen molar-refractivity contribution in [2.24, 2.45) is 0 Å². The van der Waals surface area contributed by atoms with Crippen molar-refractivity contribution in [3.63, 3.8) is 0 Å². The van der Waals surface area contributed by atoms with Gasteiger partial charge in [0, 0.05) is 33.7 Å². The molecule has 1 amide bonds. The predicted molar refractivity (Wildman–Crippen MR) is 87.4 cm³/mol. The third-order valence-electron chi connectivity index (χ3n) is 3.43. The highest BCUT2D eigenvalue weighted by molar-refractivity contribution is 9.10. The molecule has 0 aliphatic rings. The molecule has 1 aromatic heterocycles. The number of ketones is 1. The number of hydrogen-bond donors (Lipinski definition) is 1. The van der Waals surface area contributed by atoms with Gasteiger partial charge in [-0.2, -0.15) is 0 Å². The number of nitrogens with one attached hydrogen (secondary N) is 1. The molecule has 0 radical (unpaired) electrons. The van der Waals surface area contributed by atoms with Gasteiger partial charge < -0.3 is 9.88 Å². The van der Waals surface area contributed by atoms with Crippen LogP contribution in [0.3, 0.4) is 0 Å². The third-order valence-corrected chi connectivity index (χ3v) is 3.92. The fourth-order valence-corrected chi connectivity index (χ4v) is 2.94. The van der Waals surface area contributed by atoms with Crippen LogP contribution in [0.15, 0.2) is 28.9 Å². The number of H-pyrrole nitrogens is 1. The van der Waals surface area contributed by atoms with Crippen LogP contribution in [0.4, 0.5) is 0 Å². The maximum atomic E-state index is 12.6. The van der Waals surface area contributed by atoms with E-state index >= 15 is 0 Å². The SMILES string of the molecule is CC(C)N(C(=O)C(=O)c1c[nH]c2ccc(Br)cc12)C(C)C. The molecule has 1 heterocycles. The zero-order valence-electron chi connectivity index (χ0n) is 12.6. The number of hydrogen-bond acceptors (Lipinski definition) is 2. The second-order valence-electron chi connectivity index (χ2n) is 5.62. The number of carbonyl (C=O) groups is 2. The summed E-state index contributed by atoms with van der Waals surface area (Å²) in [5.74, 6) is -0.928. The van der Waals surface area contributed by atoms with Gasteiger partial charge in [0.25, 0.3) is 11.7 Å². The summed E-state index contributed by atoms with van der Waals surface area (Å²) < 4.78 is 0.876. The van der Waals surface area contributed by atoms with Crippen LogP contribution in [0.2, 0.25) is 0 Å². The summed E-state index contributed by atoms with van der Waals surface area (Å²) in [6.07, 6.45) is 1.61. The standard InChI is InChI=1S/C16H19BrN2O2/c1-9(2)19(10(3)4)16(21)15(20)13-8-18-14-6-5-11(17)7-12(13)14/h5-10,18H,1-4H3. The second-order valence-corrected chi connectivity index (χ2v) is 6.54. The lowest BCUT2D eigenvalue weighted by Gasteiger charge is -2.29. The van der Waals surface area contributed by atoms with Crippen LogP contribution >= 0.6 is 15.9 Å². The second kappa shape index (κ2) is 6.02. The number of Topliss-reactive ketones (excluding diaryl/α,β-unsaturated/α-hetero) is 1. The number of halogens is 1. The molecule has 0 spiro atoms. The molecule has 5 heteroatoms. The maximum absolute atomic E-state index is 12.6. The average molecular weight is 351 g/mol. The Hall–Kier alpha value is -1.62. The zero-order valence-corrected chi connectivity index (χ0v) is 14.2. The van der Waals surface area contributed by atoms with Gasteiger partial charge >= 0.3 is 0 Å². The minimum absolute atomic E-state index is 0.0154. The van der Waals surface area contributed by atoms with Gasteiger partial charge in [0.15, 0.2) is 0 Å². The molecule has 0 aliphatic heterocycles. The van der Waals surface area contributed by atoms with Crippen molar-refractivity contribution in [2.45, 2.75) is 39.8 Å². The molecule has 0 fully saturated rings. The Balaban J connectivity index is 2.42. The molecule has 1 N–H and O–H groups in total. The molecule has 0 saturated carbocycles. The summed E-state index contributed by atoms with van der Waals surface area (Å²) >= 11 is 3.39. The smallest absolute Gasteiger partial charge is 0.295 e. The van der Waals surface area contributed by atoms with Gasteiger partial charge in [0.05, 0.1) is 5.56 Å². The van der Waals surface area contributed by atoms with E-state index in [0.717, 1.165) is 15.4 Å². The Labute approximate surface area is 132 Å². The molecule has 0 unspecified atom stereocenters. The predicted octanol–water partition coefficient (Wildman–Crippen LogP) is 3.76. The first-order valence-corrected chi connectivity index (χ1v) is 7.76. The number of aromatic nitrogens is 1. The lowest BCUT2D eigenvalue weighted by Crippen LogP contribution is -2.45. The van der Waals surface area contributed by atoms with Gasteiger partial charge in [-0.25, -0.2) is 0 Å². The quantitative estimate of drug-likeness (QED) is 0.674.